The van der Waals surface area contributed by atoms with Gasteiger partial charge < -0.3 is 10.2 Å². The number of aromatic nitrogens is 1. The molecule has 0 atom stereocenters. The highest BCUT2D eigenvalue weighted by atomic mass is 16.3. The van der Waals surface area contributed by atoms with E-state index >= 15 is 0 Å². The van der Waals surface area contributed by atoms with Gasteiger partial charge in [0.25, 0.3) is 0 Å². The van der Waals surface area contributed by atoms with Crippen LogP contribution in [-0.2, 0) is 6.54 Å². The molecule has 0 spiro atoms. The summed E-state index contributed by atoms with van der Waals surface area (Å²) < 4.78 is 2.26. The van der Waals surface area contributed by atoms with Crippen molar-refractivity contribution in [3.63, 3.8) is 0 Å². The molecule has 3 aromatic rings. The number of benzene rings is 2. The minimum atomic E-state index is -0.107. The average molecular weight is 306 g/mol. The minimum Gasteiger partial charge on any atom is -0.504 e. The summed E-state index contributed by atoms with van der Waals surface area (Å²) in [5.41, 5.74) is 4.39. The lowest BCUT2D eigenvalue weighted by Gasteiger charge is -2.04. The highest BCUT2D eigenvalue weighted by Gasteiger charge is 2.11. The summed E-state index contributed by atoms with van der Waals surface area (Å²) in [6, 6.07) is 15.5. The van der Waals surface area contributed by atoms with Gasteiger partial charge in [-0.15, -0.1) is 0 Å². The Morgan fingerprint density at radius 1 is 0.913 bits per heavy atom. The van der Waals surface area contributed by atoms with Crippen molar-refractivity contribution < 1.29 is 14.8 Å². The van der Waals surface area contributed by atoms with Crippen LogP contribution in [0.3, 0.4) is 0 Å². The first-order chi connectivity index (χ1) is 11.1. The molecule has 0 saturated carbocycles. The van der Waals surface area contributed by atoms with Crippen LogP contribution >= 0.6 is 0 Å². The molecule has 0 amide bonds. The molecule has 0 unspecified atom stereocenters. The van der Waals surface area contributed by atoms with E-state index in [4.69, 9.17) is 0 Å². The number of aryl methyl sites for hydroxylation is 2. The fraction of sp³-hybridized carbons (Fsp3) is 0.150. The quantitative estimate of drug-likeness (QED) is 0.566. The number of nitrogens with zero attached hydrogens (tertiary/aromatic N) is 1. The molecule has 2 aromatic carbocycles. The number of hydrogen-bond donors (Lipinski definition) is 2. The van der Waals surface area contributed by atoms with Gasteiger partial charge in [-0.3, -0.25) is 0 Å². The van der Waals surface area contributed by atoms with E-state index in [2.05, 4.69) is 48.7 Å². The van der Waals surface area contributed by atoms with E-state index in [1.54, 1.807) is 12.1 Å². The molecule has 0 aliphatic carbocycles. The molecule has 3 rings (SSSR count). The predicted octanol–water partition coefficient (Wildman–Crippen LogP) is 4.04. The summed E-state index contributed by atoms with van der Waals surface area (Å²) in [4.78, 5) is 0. The molecule has 0 bridgehead atoms. The van der Waals surface area contributed by atoms with Gasteiger partial charge in [-0.05, 0) is 49.8 Å². The van der Waals surface area contributed by atoms with Crippen LogP contribution in [-0.4, -0.2) is 10.2 Å². The smallest absolute Gasteiger partial charge is 0.212 e. The molecule has 0 aliphatic rings. The van der Waals surface area contributed by atoms with Crippen LogP contribution in [0.4, 0.5) is 0 Å². The summed E-state index contributed by atoms with van der Waals surface area (Å²) >= 11 is 0. The maximum absolute atomic E-state index is 9.58. The van der Waals surface area contributed by atoms with Crippen molar-refractivity contribution in [2.24, 2.45) is 0 Å². The predicted molar refractivity (Wildman–Crippen MR) is 93.3 cm³/mol. The molecule has 0 aliphatic heterocycles. The normalized spacial score (nSPS) is 11.4. The van der Waals surface area contributed by atoms with Crippen molar-refractivity contribution in [2.75, 3.05) is 0 Å². The zero-order chi connectivity index (χ0) is 16.4. The number of aromatic hydroxyl groups is 2. The second kappa shape index (κ2) is 6.13. The Bertz CT molecular complexity index is 898. The first-order valence-electron chi connectivity index (χ1n) is 7.72. The lowest BCUT2D eigenvalue weighted by molar-refractivity contribution is -0.669. The molecule has 0 radical (unpaired) electrons. The van der Waals surface area contributed by atoms with E-state index in [-0.39, 0.29) is 11.5 Å². The van der Waals surface area contributed by atoms with Crippen molar-refractivity contribution in [1.29, 1.82) is 0 Å². The summed E-state index contributed by atoms with van der Waals surface area (Å²) in [6.45, 7) is 5.10. The van der Waals surface area contributed by atoms with Gasteiger partial charge in [-0.25, -0.2) is 0 Å². The van der Waals surface area contributed by atoms with E-state index < -0.39 is 0 Å². The SMILES string of the molecule is CC[n+]1c(C=Cc2ccc(O)c(O)c2)ccc2cc(C)ccc21. The monoisotopic (exact) mass is 306 g/mol. The summed E-state index contributed by atoms with van der Waals surface area (Å²) in [6.07, 6.45) is 3.95. The molecule has 116 valence electrons. The highest BCUT2D eigenvalue weighted by molar-refractivity contribution is 5.78. The minimum absolute atomic E-state index is 0.105. The van der Waals surface area contributed by atoms with Gasteiger partial charge in [0.1, 0.15) is 6.54 Å². The maximum Gasteiger partial charge on any atom is 0.212 e. The second-order valence-corrected chi connectivity index (χ2v) is 5.65. The molecule has 3 heteroatoms. The van der Waals surface area contributed by atoms with Gasteiger partial charge in [-0.2, -0.15) is 4.57 Å². The van der Waals surface area contributed by atoms with Gasteiger partial charge >= 0.3 is 0 Å². The summed E-state index contributed by atoms with van der Waals surface area (Å²) in [5, 5.41) is 20.2. The van der Waals surface area contributed by atoms with Crippen LogP contribution < -0.4 is 4.57 Å². The van der Waals surface area contributed by atoms with Gasteiger partial charge in [0.15, 0.2) is 11.5 Å². The second-order valence-electron chi connectivity index (χ2n) is 5.65. The third-order valence-electron chi connectivity index (χ3n) is 3.98. The van der Waals surface area contributed by atoms with E-state index in [1.165, 1.54) is 22.5 Å². The standard InChI is InChI=1S/C20H19NO2/c1-3-21-17(8-5-15-6-11-19(22)20(23)13-15)9-7-16-12-14(2)4-10-18(16)21/h4-13,23H,3H2,1-2H3/p+1. The van der Waals surface area contributed by atoms with Crippen LogP contribution in [0.5, 0.6) is 11.5 Å². The Morgan fingerprint density at radius 2 is 1.74 bits per heavy atom. The molecular weight excluding hydrogens is 286 g/mol. The zero-order valence-electron chi connectivity index (χ0n) is 13.3. The highest BCUT2D eigenvalue weighted by Crippen LogP contribution is 2.25. The Morgan fingerprint density at radius 3 is 2.48 bits per heavy atom. The largest absolute Gasteiger partial charge is 0.504 e. The van der Waals surface area contributed by atoms with E-state index in [1.807, 2.05) is 12.2 Å². The lowest BCUT2D eigenvalue weighted by atomic mass is 10.1. The fourth-order valence-electron chi connectivity index (χ4n) is 2.78. The first-order valence-corrected chi connectivity index (χ1v) is 7.72. The average Bonchev–Trinajstić information content (AvgIpc) is 2.55. The number of hydrogen-bond acceptors (Lipinski definition) is 2. The van der Waals surface area contributed by atoms with Crippen molar-refractivity contribution >= 4 is 23.1 Å². The van der Waals surface area contributed by atoms with Crippen molar-refractivity contribution in [3.8, 4) is 11.5 Å². The summed E-state index contributed by atoms with van der Waals surface area (Å²) in [7, 11) is 0. The molecule has 3 nitrogen and oxygen atoms in total. The van der Waals surface area contributed by atoms with E-state index in [9.17, 15) is 10.2 Å². The van der Waals surface area contributed by atoms with Crippen molar-refractivity contribution in [2.45, 2.75) is 20.4 Å². The number of fused-ring (bicyclic) bond motifs is 1. The molecule has 0 fully saturated rings. The third kappa shape index (κ3) is 3.04. The first kappa shape index (κ1) is 15.1. The van der Waals surface area contributed by atoms with Gasteiger partial charge in [-0.1, -0.05) is 17.7 Å². The Labute approximate surface area is 135 Å². The van der Waals surface area contributed by atoms with Crippen LogP contribution in [0.2, 0.25) is 0 Å². The van der Waals surface area contributed by atoms with E-state index in [0.717, 1.165) is 17.8 Å². The lowest BCUT2D eigenvalue weighted by Crippen LogP contribution is -2.36. The van der Waals surface area contributed by atoms with Crippen LogP contribution in [0, 0.1) is 6.92 Å². The van der Waals surface area contributed by atoms with Crippen molar-refractivity contribution in [3.05, 3.63) is 65.4 Å². The van der Waals surface area contributed by atoms with Gasteiger partial charge in [0, 0.05) is 23.6 Å². The number of pyridine rings is 1. The third-order valence-corrected chi connectivity index (χ3v) is 3.98. The Kier molecular flexibility index (Phi) is 4.02. The molecule has 0 saturated heterocycles. The van der Waals surface area contributed by atoms with Gasteiger partial charge in [0.2, 0.25) is 11.2 Å². The van der Waals surface area contributed by atoms with Crippen LogP contribution in [0.1, 0.15) is 23.7 Å². The van der Waals surface area contributed by atoms with Crippen LogP contribution in [0.25, 0.3) is 23.1 Å². The summed E-state index contributed by atoms with van der Waals surface area (Å²) in [5.74, 6) is -0.212. The molecular formula is C20H20NO2+. The number of phenolic OH excluding ortho intramolecular Hbond substituents is 2. The van der Waals surface area contributed by atoms with Crippen molar-refractivity contribution in [1.82, 2.24) is 0 Å². The van der Waals surface area contributed by atoms with E-state index in [0.29, 0.717) is 0 Å². The van der Waals surface area contributed by atoms with Gasteiger partial charge in [0.05, 0.1) is 0 Å². The topological polar surface area (TPSA) is 44.3 Å². The maximum atomic E-state index is 9.58. The molecule has 1 heterocycles. The molecule has 1 aromatic heterocycles. The Balaban J connectivity index is 2.03. The Hall–Kier alpha value is -2.81. The number of phenols is 2. The number of rotatable bonds is 3. The zero-order valence-corrected chi connectivity index (χ0v) is 13.3. The molecule has 2 N–H and O–H groups in total. The van der Waals surface area contributed by atoms with Crippen LogP contribution in [0.15, 0.2) is 48.5 Å². The fourth-order valence-corrected chi connectivity index (χ4v) is 2.78. The molecule has 23 heavy (non-hydrogen) atoms.